The molecule has 0 aromatic carbocycles. The number of carboxylic acid groups (broad SMARTS) is 5. The summed E-state index contributed by atoms with van der Waals surface area (Å²) in [5.41, 5.74) is 0. The van der Waals surface area contributed by atoms with Gasteiger partial charge in [-0.05, 0) is 0 Å². The maximum Gasteiger partial charge on any atom is 0.371 e. The molecule has 0 radical (unpaired) electrons. The van der Waals surface area contributed by atoms with Gasteiger partial charge < -0.3 is 25.5 Å². The van der Waals surface area contributed by atoms with Gasteiger partial charge >= 0.3 is 29.8 Å². The Morgan fingerprint density at radius 1 is 0.682 bits per heavy atom. The van der Waals surface area contributed by atoms with Crippen molar-refractivity contribution in [3.05, 3.63) is 12.2 Å². The highest BCUT2D eigenvalue weighted by Gasteiger charge is 2.00. The molecule has 5 N–H and O–H groups in total. The summed E-state index contributed by atoms with van der Waals surface area (Å²) < 4.78 is 0. The van der Waals surface area contributed by atoms with Crippen LogP contribution in [0.2, 0.25) is 0 Å². The zero-order chi connectivity index (χ0) is 18.3. The second kappa shape index (κ2) is 14.2. The first-order valence-corrected chi connectivity index (χ1v) is 5.21. The quantitative estimate of drug-likeness (QED) is 0.305. The lowest BCUT2D eigenvalue weighted by Crippen LogP contribution is -2.05. The zero-order valence-corrected chi connectivity index (χ0v) is 11.3. The van der Waals surface area contributed by atoms with Crippen molar-refractivity contribution in [3.8, 4) is 0 Å². The maximum absolute atomic E-state index is 9.64. The Bertz CT molecular complexity index is 419. The lowest BCUT2D eigenvalue weighted by atomic mass is 10.3. The molecule has 0 rings (SSSR count). The third-order valence-electron chi connectivity index (χ3n) is 1.22. The summed E-state index contributed by atoms with van der Waals surface area (Å²) in [5.74, 6) is -6.87. The first kappa shape index (κ1) is 23.8. The van der Waals surface area contributed by atoms with Crippen molar-refractivity contribution in [1.29, 1.82) is 0 Å². The van der Waals surface area contributed by atoms with Crippen LogP contribution >= 0.6 is 0 Å². The Morgan fingerprint density at radius 2 is 0.909 bits per heavy atom. The monoisotopic (exact) mass is 322 g/mol. The Labute approximate surface area is 123 Å². The van der Waals surface area contributed by atoms with Gasteiger partial charge in [0.05, 0.1) is 12.8 Å². The Kier molecular flexibility index (Phi) is 15.4. The number of hydrogen-bond donors (Lipinski definition) is 5. The number of hydrogen-bond acceptors (Lipinski definition) is 6. The molecule has 0 fully saturated rings. The predicted octanol–water partition coefficient (Wildman–Crippen LogP) is -0.692. The van der Waals surface area contributed by atoms with Crippen LogP contribution in [0.4, 0.5) is 0 Å². The third-order valence-corrected chi connectivity index (χ3v) is 1.22. The fraction of sp³-hybridized carbons (Fsp3) is 0.273. The van der Waals surface area contributed by atoms with E-state index in [1.54, 1.807) is 0 Å². The van der Waals surface area contributed by atoms with E-state index in [0.29, 0.717) is 12.2 Å². The summed E-state index contributed by atoms with van der Waals surface area (Å²) in [7, 11) is 0. The van der Waals surface area contributed by atoms with E-state index in [2.05, 4.69) is 0 Å². The minimum Gasteiger partial charge on any atom is -0.481 e. The van der Waals surface area contributed by atoms with Gasteiger partial charge in [0.15, 0.2) is 0 Å². The van der Waals surface area contributed by atoms with Crippen molar-refractivity contribution in [3.63, 3.8) is 0 Å². The van der Waals surface area contributed by atoms with Gasteiger partial charge in [-0.15, -0.1) is 0 Å². The maximum atomic E-state index is 9.64. The normalized spacial score (nSPS) is 8.59. The standard InChI is InChI=1S/C4H6O4.C4H4O4.C3H4O3/c2*5-3(6)1-2-4(7)8;1-2(4)3(5)6/h1-2H2,(H,5,6)(H,7,8);1-2H,(H,5,6)(H,7,8);1H3,(H,5,6)/b;2-1+;. The van der Waals surface area contributed by atoms with Crippen LogP contribution in [0.25, 0.3) is 0 Å². The molecule has 0 heterocycles. The zero-order valence-electron chi connectivity index (χ0n) is 11.3. The van der Waals surface area contributed by atoms with Crippen LogP contribution in [0.5, 0.6) is 0 Å². The number of Topliss-reactive ketones (excluding diaryl/α,β-unsaturated/α-hetero) is 1. The van der Waals surface area contributed by atoms with Crippen molar-refractivity contribution in [2.24, 2.45) is 0 Å². The summed E-state index contributed by atoms with van der Waals surface area (Å²) in [6.45, 7) is 1.00. The number of ketones is 1. The van der Waals surface area contributed by atoms with Gasteiger partial charge in [-0.2, -0.15) is 0 Å². The summed E-state index contributed by atoms with van der Waals surface area (Å²) >= 11 is 0. The Hall–Kier alpha value is -3.24. The van der Waals surface area contributed by atoms with Crippen LogP contribution in [0.1, 0.15) is 19.8 Å². The summed E-state index contributed by atoms with van der Waals surface area (Å²) in [4.78, 5) is 57.3. The molecule has 124 valence electrons. The highest BCUT2D eigenvalue weighted by molar-refractivity contribution is 6.31. The molecular weight excluding hydrogens is 308 g/mol. The van der Waals surface area contributed by atoms with Gasteiger partial charge in [-0.1, -0.05) is 0 Å². The van der Waals surface area contributed by atoms with Crippen molar-refractivity contribution >= 4 is 35.6 Å². The third kappa shape index (κ3) is 36.0. The van der Waals surface area contributed by atoms with Gasteiger partial charge in [0.25, 0.3) is 0 Å². The molecule has 0 aliphatic heterocycles. The fourth-order valence-corrected chi connectivity index (χ4v) is 0.356. The van der Waals surface area contributed by atoms with E-state index in [4.69, 9.17) is 25.5 Å². The molecule has 0 aromatic rings. The minimum atomic E-state index is -1.38. The van der Waals surface area contributed by atoms with Gasteiger partial charge in [-0.3, -0.25) is 14.4 Å². The molecule has 0 unspecified atom stereocenters. The molecule has 0 aliphatic carbocycles. The average Bonchev–Trinajstić information content (AvgIpc) is 2.35. The number of carbonyl (C=O) groups excluding carboxylic acids is 1. The average molecular weight is 322 g/mol. The van der Waals surface area contributed by atoms with Crippen LogP contribution in [0.3, 0.4) is 0 Å². The van der Waals surface area contributed by atoms with Crippen LogP contribution in [0.15, 0.2) is 12.2 Å². The largest absolute Gasteiger partial charge is 0.481 e. The molecule has 0 spiro atoms. The van der Waals surface area contributed by atoms with E-state index in [0.717, 1.165) is 6.92 Å². The van der Waals surface area contributed by atoms with E-state index < -0.39 is 35.6 Å². The van der Waals surface area contributed by atoms with E-state index in [1.807, 2.05) is 0 Å². The predicted molar refractivity (Wildman–Crippen MR) is 67.2 cm³/mol. The highest BCUT2D eigenvalue weighted by Crippen LogP contribution is 1.86. The van der Waals surface area contributed by atoms with Crippen LogP contribution in [-0.4, -0.2) is 61.2 Å². The number of aliphatic carboxylic acids is 5. The molecule has 0 saturated heterocycles. The summed E-state index contributed by atoms with van der Waals surface area (Å²) in [5, 5.41) is 39.1. The van der Waals surface area contributed by atoms with Crippen molar-refractivity contribution in [2.75, 3.05) is 0 Å². The molecule has 0 atom stereocenters. The number of rotatable bonds is 6. The minimum absolute atomic E-state index is 0.296. The molecule has 11 nitrogen and oxygen atoms in total. The van der Waals surface area contributed by atoms with Gasteiger partial charge in [-0.25, -0.2) is 14.4 Å². The van der Waals surface area contributed by atoms with Crippen molar-refractivity contribution in [1.82, 2.24) is 0 Å². The molecule has 0 saturated carbocycles. The van der Waals surface area contributed by atoms with E-state index in [-0.39, 0.29) is 12.8 Å². The highest BCUT2D eigenvalue weighted by atomic mass is 16.4. The van der Waals surface area contributed by atoms with E-state index in [9.17, 15) is 28.8 Å². The smallest absolute Gasteiger partial charge is 0.371 e. The molecule has 0 bridgehead atoms. The Morgan fingerprint density at radius 3 is 1.00 bits per heavy atom. The van der Waals surface area contributed by atoms with E-state index >= 15 is 0 Å². The van der Waals surface area contributed by atoms with Gasteiger partial charge in [0, 0.05) is 19.1 Å². The molecular formula is C11H14O11. The molecule has 0 amide bonds. The second-order valence-electron chi connectivity index (χ2n) is 3.16. The molecule has 0 aromatic heterocycles. The SMILES string of the molecule is CC(=O)C(=O)O.O=C(O)/C=C/C(=O)O.O=C(O)CCC(=O)O. The topological polar surface area (TPSA) is 204 Å². The van der Waals surface area contributed by atoms with Crippen LogP contribution in [-0.2, 0) is 28.8 Å². The van der Waals surface area contributed by atoms with Crippen LogP contribution < -0.4 is 0 Å². The summed E-state index contributed by atoms with van der Waals surface area (Å²) in [6, 6.07) is 0. The first-order chi connectivity index (χ1) is 9.89. The molecule has 11 heteroatoms. The molecule has 22 heavy (non-hydrogen) atoms. The lowest BCUT2D eigenvalue weighted by molar-refractivity contribution is -0.148. The fourth-order valence-electron chi connectivity index (χ4n) is 0.356. The summed E-state index contributed by atoms with van der Waals surface area (Å²) in [6.07, 6.45) is 0.523. The number of carbonyl (C=O) groups is 6. The van der Waals surface area contributed by atoms with Crippen molar-refractivity contribution in [2.45, 2.75) is 19.8 Å². The van der Waals surface area contributed by atoms with Gasteiger partial charge in [0.1, 0.15) is 0 Å². The second-order valence-corrected chi connectivity index (χ2v) is 3.16. The molecule has 0 aliphatic rings. The Balaban J connectivity index is -0.000000249. The van der Waals surface area contributed by atoms with E-state index in [1.165, 1.54) is 0 Å². The van der Waals surface area contributed by atoms with Crippen LogP contribution in [0, 0.1) is 0 Å². The van der Waals surface area contributed by atoms with Gasteiger partial charge in [0.2, 0.25) is 5.78 Å². The lowest BCUT2D eigenvalue weighted by Gasteiger charge is -1.85. The first-order valence-electron chi connectivity index (χ1n) is 5.21. The number of carboxylic acids is 5. The van der Waals surface area contributed by atoms with Crippen molar-refractivity contribution < 1.29 is 54.3 Å².